The number of hydrogen-bond donors (Lipinski definition) is 8. The van der Waals surface area contributed by atoms with Crippen molar-refractivity contribution in [1.82, 2.24) is 10.3 Å². The van der Waals surface area contributed by atoms with E-state index in [9.17, 15) is 30.6 Å². The highest BCUT2D eigenvalue weighted by molar-refractivity contribution is 5.64. The summed E-state index contributed by atoms with van der Waals surface area (Å²) in [4.78, 5) is 3.10. The minimum Gasteiger partial charge on any atom is -0.504 e. The van der Waals surface area contributed by atoms with E-state index < -0.39 is 42.0 Å². The maximum Gasteiger partial charge on any atom is 0.201 e. The summed E-state index contributed by atoms with van der Waals surface area (Å²) < 4.78 is 25.5. The van der Waals surface area contributed by atoms with Crippen molar-refractivity contribution in [3.8, 4) is 23.0 Å². The Kier molecular flexibility index (Phi) is 14.8. The molecule has 3 aromatic rings. The molecule has 69 heavy (non-hydrogen) atoms. The van der Waals surface area contributed by atoms with Gasteiger partial charge < -0.3 is 59.9 Å². The zero-order valence-electron chi connectivity index (χ0n) is 41.1. The number of aromatic nitrogens is 1. The third kappa shape index (κ3) is 9.74. The van der Waals surface area contributed by atoms with Crippen molar-refractivity contribution < 1.29 is 49.6 Å². The number of phenolic OH excluding ortho intramolecular Hbond substituents is 1. The summed E-state index contributed by atoms with van der Waals surface area (Å²) in [6.07, 6.45) is 21.9. The Balaban J connectivity index is 1.00. The maximum atomic E-state index is 12.9. The van der Waals surface area contributed by atoms with Gasteiger partial charge in [-0.3, -0.25) is 0 Å². The normalized spacial score (nSPS) is 35.2. The molecule has 13 atom stereocenters. The Morgan fingerprint density at radius 3 is 2.52 bits per heavy atom. The topological polar surface area (TPSA) is 186 Å². The van der Waals surface area contributed by atoms with Crippen LogP contribution < -0.4 is 14.8 Å². The van der Waals surface area contributed by atoms with Crippen molar-refractivity contribution in [2.75, 3.05) is 33.5 Å². The van der Waals surface area contributed by atoms with Gasteiger partial charge in [-0.15, -0.1) is 0 Å². The summed E-state index contributed by atoms with van der Waals surface area (Å²) in [6.45, 7) is 4.53. The molecule has 8 N–H and O–H groups in total. The van der Waals surface area contributed by atoms with Crippen LogP contribution in [-0.4, -0.2) is 99.1 Å². The monoisotopic (exact) mass is 953 g/mol. The lowest BCUT2D eigenvalue weighted by Crippen LogP contribution is -2.52. The lowest BCUT2D eigenvalue weighted by molar-refractivity contribution is -0.154. The first-order chi connectivity index (χ1) is 33.5. The minimum absolute atomic E-state index is 0.00208. The first-order valence-electron chi connectivity index (χ1n) is 26.9. The van der Waals surface area contributed by atoms with Crippen LogP contribution in [0.25, 0.3) is 0 Å². The summed E-state index contributed by atoms with van der Waals surface area (Å²) in [5, 5.41) is 73.7. The van der Waals surface area contributed by atoms with Gasteiger partial charge >= 0.3 is 0 Å². The van der Waals surface area contributed by atoms with E-state index in [0.29, 0.717) is 61.3 Å². The molecule has 378 valence electrons. The Hall–Kier alpha value is -3.62. The standard InChI is InChI=1S/C57H80N2O10/c1-3-67-23-6-21-59-39-9-11-40-38(26-39)31-56(17-4-5-18-56)52-45(61)14-20-57(65)19-13-34(30-57)16-24-68-47-12-8-36(27-42(47)51(40)52)37-7-10-41-46(62)29-49(69-48(41)28-37)50-43(25-35-15-22-58-32-35)55(66-2)54(64)53(63)44(50)33-60/h8-9,11-12,15,22,27,32,34,37-41,45-46,48-49,51-52,58-65H,3-7,10,13-14,16-21,23-26,28-31,33H2,1-2H3/t34-,37-,38+,39-,40+,41+,45-,46-,48-,49-,51+,52+,57-/m0/s1. The summed E-state index contributed by atoms with van der Waals surface area (Å²) in [5.41, 5.74) is 4.00. The van der Waals surface area contributed by atoms with Crippen LogP contribution in [0.1, 0.15) is 167 Å². The highest BCUT2D eigenvalue weighted by atomic mass is 16.5. The number of aliphatic hydroxyl groups excluding tert-OH is 3. The lowest BCUT2D eigenvalue weighted by atomic mass is 9.49. The van der Waals surface area contributed by atoms with Crippen molar-refractivity contribution >= 4 is 0 Å². The maximum absolute atomic E-state index is 12.9. The fraction of sp³-hybridized carbons (Fsp3) is 0.684. The number of hydrogen-bond acceptors (Lipinski definition) is 11. The number of aromatic hydroxyl groups is 2. The minimum atomic E-state index is -0.730. The zero-order chi connectivity index (χ0) is 47.9. The van der Waals surface area contributed by atoms with E-state index >= 15 is 0 Å². The molecular formula is C57H80N2O10. The number of fused-ring (bicyclic) bond motifs is 9. The third-order valence-electron chi connectivity index (χ3n) is 18.7. The predicted molar refractivity (Wildman–Crippen MR) is 264 cm³/mol. The molecule has 3 heterocycles. The quantitative estimate of drug-likeness (QED) is 0.0492. The number of benzene rings is 2. The van der Waals surface area contributed by atoms with Gasteiger partial charge in [0.25, 0.3) is 0 Å². The zero-order valence-corrected chi connectivity index (χ0v) is 41.1. The molecule has 0 amide bonds. The van der Waals surface area contributed by atoms with E-state index in [1.165, 1.54) is 31.1 Å². The van der Waals surface area contributed by atoms with Gasteiger partial charge in [-0.05, 0) is 179 Å². The van der Waals surface area contributed by atoms with E-state index in [1.807, 2.05) is 25.4 Å². The third-order valence-corrected chi connectivity index (χ3v) is 18.7. The number of methoxy groups -OCH3 is 1. The van der Waals surface area contributed by atoms with Gasteiger partial charge in [0.1, 0.15) is 5.75 Å². The number of nitrogens with one attached hydrogen (secondary N) is 2. The summed E-state index contributed by atoms with van der Waals surface area (Å²) >= 11 is 0. The van der Waals surface area contributed by atoms with Crippen molar-refractivity contribution in [3.63, 3.8) is 0 Å². The molecule has 1 aromatic heterocycles. The van der Waals surface area contributed by atoms with Crippen LogP contribution in [0.5, 0.6) is 23.0 Å². The Morgan fingerprint density at radius 2 is 1.74 bits per heavy atom. The van der Waals surface area contributed by atoms with Crippen LogP contribution in [0.15, 0.2) is 48.8 Å². The van der Waals surface area contributed by atoms with E-state index in [0.717, 1.165) is 102 Å². The van der Waals surface area contributed by atoms with Gasteiger partial charge in [0, 0.05) is 61.5 Å². The first kappa shape index (κ1) is 49.0. The summed E-state index contributed by atoms with van der Waals surface area (Å²) in [7, 11) is 1.46. The van der Waals surface area contributed by atoms with E-state index in [2.05, 4.69) is 40.7 Å². The number of rotatable bonds is 12. The molecule has 2 aromatic carbocycles. The Labute approximate surface area is 409 Å². The molecule has 4 saturated carbocycles. The first-order valence-corrected chi connectivity index (χ1v) is 26.9. The van der Waals surface area contributed by atoms with E-state index in [-0.39, 0.29) is 58.8 Å². The lowest BCUT2D eigenvalue weighted by Gasteiger charge is -2.56. The predicted octanol–water partition coefficient (Wildman–Crippen LogP) is 8.99. The number of aliphatic hydroxyl groups is 4. The van der Waals surface area contributed by atoms with Crippen molar-refractivity contribution in [2.24, 2.45) is 35.0 Å². The fourth-order valence-electron chi connectivity index (χ4n) is 15.5. The Bertz CT molecular complexity index is 2240. The van der Waals surface area contributed by atoms with E-state index in [1.54, 1.807) is 0 Å². The molecule has 5 aliphatic carbocycles. The van der Waals surface area contributed by atoms with Crippen LogP contribution in [0, 0.1) is 35.0 Å². The van der Waals surface area contributed by atoms with Gasteiger partial charge in [0.05, 0.1) is 50.3 Å². The second-order valence-electron chi connectivity index (χ2n) is 22.6. The second kappa shape index (κ2) is 20.8. The molecule has 7 aliphatic rings. The van der Waals surface area contributed by atoms with Crippen LogP contribution in [0.2, 0.25) is 0 Å². The SMILES string of the molecule is CCOCCCN[C@H]1C=C[C@@H]2[C@H](C1)CC1(CCCC1)[C@H]1[C@H]2c2cc([C@H]3CC[C@H]4[C@H](C3)O[C@H](c3c(CO)c(O)c(O)c(OC)c3Cc3cc[nH]c3)C[C@@H]4O)ccc2OCC[C@@H]2CC[C@](O)(CC[C@@H]1O)C2. The van der Waals surface area contributed by atoms with Gasteiger partial charge in [0.2, 0.25) is 5.75 Å². The number of aromatic amines is 1. The molecule has 12 heteroatoms. The molecule has 0 radical (unpaired) electrons. The number of allylic oxidation sites excluding steroid dienone is 1. The Morgan fingerprint density at radius 1 is 0.899 bits per heavy atom. The van der Waals surface area contributed by atoms with Crippen LogP contribution in [0.4, 0.5) is 0 Å². The second-order valence-corrected chi connectivity index (χ2v) is 22.6. The number of ether oxygens (including phenoxy) is 4. The van der Waals surface area contributed by atoms with Crippen molar-refractivity contribution in [1.29, 1.82) is 0 Å². The fourth-order valence-corrected chi connectivity index (χ4v) is 15.5. The smallest absolute Gasteiger partial charge is 0.201 e. The summed E-state index contributed by atoms with van der Waals surface area (Å²) in [5.74, 6) is 1.40. The average molecular weight is 953 g/mol. The molecule has 10 rings (SSSR count). The molecule has 0 unspecified atom stereocenters. The molecule has 1 spiro atoms. The molecule has 2 aliphatic heterocycles. The van der Waals surface area contributed by atoms with Crippen molar-refractivity contribution in [3.05, 3.63) is 82.2 Å². The molecular weight excluding hydrogens is 873 g/mol. The molecule has 1 saturated heterocycles. The number of H-pyrrole nitrogens is 1. The van der Waals surface area contributed by atoms with Crippen LogP contribution >= 0.6 is 0 Å². The molecule has 5 fully saturated rings. The van der Waals surface area contributed by atoms with Crippen LogP contribution in [0.3, 0.4) is 0 Å². The van der Waals surface area contributed by atoms with Gasteiger partial charge in [-0.1, -0.05) is 37.1 Å². The summed E-state index contributed by atoms with van der Waals surface area (Å²) in [6, 6.07) is 9.15. The van der Waals surface area contributed by atoms with Gasteiger partial charge in [-0.2, -0.15) is 0 Å². The highest BCUT2D eigenvalue weighted by Crippen LogP contribution is 2.65. The number of phenols is 2. The van der Waals surface area contributed by atoms with E-state index in [4.69, 9.17) is 18.9 Å². The average Bonchev–Trinajstić information content (AvgIpc) is 4.14. The van der Waals surface area contributed by atoms with Crippen molar-refractivity contribution in [2.45, 2.75) is 177 Å². The van der Waals surface area contributed by atoms with Gasteiger partial charge in [0.15, 0.2) is 11.5 Å². The highest BCUT2D eigenvalue weighted by Gasteiger charge is 2.57. The largest absolute Gasteiger partial charge is 0.504 e. The van der Waals surface area contributed by atoms with Gasteiger partial charge in [-0.25, -0.2) is 0 Å². The molecule has 2 bridgehead atoms. The molecule has 12 nitrogen and oxygen atoms in total. The van der Waals surface area contributed by atoms with Crippen LogP contribution in [-0.2, 0) is 22.5 Å².